The van der Waals surface area contributed by atoms with Crippen LogP contribution in [0, 0.1) is 6.92 Å². The van der Waals surface area contributed by atoms with Crippen LogP contribution >= 0.6 is 11.6 Å². The molecule has 0 unspecified atom stereocenters. The van der Waals surface area contributed by atoms with Crippen LogP contribution in [-0.4, -0.2) is 35.1 Å². The Hall–Kier alpha value is -3.06. The summed E-state index contributed by atoms with van der Waals surface area (Å²) in [5, 5.41) is 11.2. The van der Waals surface area contributed by atoms with E-state index in [1.54, 1.807) is 36.9 Å². The van der Waals surface area contributed by atoms with Gasteiger partial charge in [-0.25, -0.2) is 4.68 Å². The lowest BCUT2D eigenvalue weighted by Gasteiger charge is -2.08. The number of nitrogens with one attached hydrogen (secondary N) is 1. The first-order valence-corrected chi connectivity index (χ1v) is 8.13. The number of anilines is 1. The molecule has 1 N–H and O–H groups in total. The number of halogens is 1. The van der Waals surface area contributed by atoms with Gasteiger partial charge in [-0.2, -0.15) is 0 Å². The fourth-order valence-electron chi connectivity index (χ4n) is 2.46. The van der Waals surface area contributed by atoms with Crippen molar-refractivity contribution in [2.24, 2.45) is 0 Å². The van der Waals surface area contributed by atoms with Gasteiger partial charge < -0.3 is 14.8 Å². The average molecular weight is 373 g/mol. The molecule has 0 fully saturated rings. The minimum Gasteiger partial charge on any atom is -0.497 e. The Balaban J connectivity index is 1.85. The third-order valence-electron chi connectivity index (χ3n) is 3.82. The molecule has 3 rings (SSSR count). The Morgan fingerprint density at radius 1 is 1.15 bits per heavy atom. The third kappa shape index (κ3) is 3.48. The predicted octanol–water partition coefficient (Wildman–Crippen LogP) is 3.50. The zero-order chi connectivity index (χ0) is 18.7. The van der Waals surface area contributed by atoms with E-state index < -0.39 is 0 Å². The van der Waals surface area contributed by atoms with E-state index in [0.29, 0.717) is 27.9 Å². The van der Waals surface area contributed by atoms with Gasteiger partial charge in [0.1, 0.15) is 11.5 Å². The molecule has 2 aromatic carbocycles. The van der Waals surface area contributed by atoms with E-state index in [1.807, 2.05) is 24.3 Å². The number of methoxy groups -OCH3 is 2. The predicted molar refractivity (Wildman–Crippen MR) is 98.6 cm³/mol. The molecule has 0 saturated carbocycles. The Labute approximate surface area is 155 Å². The molecule has 0 aliphatic rings. The molecule has 1 amide bonds. The summed E-state index contributed by atoms with van der Waals surface area (Å²) in [6.45, 7) is 1.77. The van der Waals surface area contributed by atoms with Gasteiger partial charge in [-0.3, -0.25) is 4.79 Å². The molecular formula is C18H17ClN4O3. The molecule has 0 bridgehead atoms. The first-order valence-electron chi connectivity index (χ1n) is 7.75. The molecule has 8 heteroatoms. The maximum atomic E-state index is 12.5. The summed E-state index contributed by atoms with van der Waals surface area (Å²) in [5.41, 5.74) is 2.12. The van der Waals surface area contributed by atoms with Crippen LogP contribution in [0.15, 0.2) is 42.5 Å². The number of nitrogens with zero attached hydrogens (tertiary/aromatic N) is 3. The van der Waals surface area contributed by atoms with Crippen LogP contribution in [0.1, 0.15) is 16.2 Å². The third-order valence-corrected chi connectivity index (χ3v) is 4.11. The minimum atomic E-state index is -0.377. The SMILES string of the molecule is COc1cccc(-n2nnc(C(=O)Nc3ccc(OC)c(Cl)c3)c2C)c1. The molecule has 0 aliphatic heterocycles. The van der Waals surface area contributed by atoms with Gasteiger partial charge in [-0.05, 0) is 37.3 Å². The molecule has 7 nitrogen and oxygen atoms in total. The van der Waals surface area contributed by atoms with E-state index in [-0.39, 0.29) is 11.6 Å². The summed E-state index contributed by atoms with van der Waals surface area (Å²) >= 11 is 6.08. The highest BCUT2D eigenvalue weighted by atomic mass is 35.5. The van der Waals surface area contributed by atoms with Gasteiger partial charge in [0, 0.05) is 11.8 Å². The summed E-state index contributed by atoms with van der Waals surface area (Å²) < 4.78 is 11.9. The number of ether oxygens (including phenoxy) is 2. The highest BCUT2D eigenvalue weighted by Gasteiger charge is 2.18. The standard InChI is InChI=1S/C18H17ClN4O3/c1-11-17(18(24)20-12-7-8-16(26-3)15(19)9-12)21-22-23(11)13-5-4-6-14(10-13)25-2/h4-10H,1-3H3,(H,20,24). The van der Waals surface area contributed by atoms with Crippen molar-refractivity contribution in [3.05, 3.63) is 58.9 Å². The Bertz CT molecular complexity index is 955. The van der Waals surface area contributed by atoms with E-state index in [9.17, 15) is 4.79 Å². The van der Waals surface area contributed by atoms with Gasteiger partial charge in [0.15, 0.2) is 5.69 Å². The highest BCUT2D eigenvalue weighted by molar-refractivity contribution is 6.32. The van der Waals surface area contributed by atoms with Gasteiger partial charge in [0.25, 0.3) is 5.91 Å². The molecule has 1 heterocycles. The van der Waals surface area contributed by atoms with Crippen molar-refractivity contribution in [2.75, 3.05) is 19.5 Å². The van der Waals surface area contributed by atoms with E-state index in [4.69, 9.17) is 21.1 Å². The second kappa shape index (κ2) is 7.45. The number of benzene rings is 2. The lowest BCUT2D eigenvalue weighted by molar-refractivity contribution is 0.102. The molecule has 26 heavy (non-hydrogen) atoms. The quantitative estimate of drug-likeness (QED) is 0.741. The van der Waals surface area contributed by atoms with Crippen molar-refractivity contribution in [3.8, 4) is 17.2 Å². The van der Waals surface area contributed by atoms with Gasteiger partial charge in [-0.15, -0.1) is 5.10 Å². The van der Waals surface area contributed by atoms with Crippen LogP contribution < -0.4 is 14.8 Å². The molecular weight excluding hydrogens is 356 g/mol. The Morgan fingerprint density at radius 3 is 2.65 bits per heavy atom. The van der Waals surface area contributed by atoms with E-state index in [2.05, 4.69) is 15.6 Å². The Kier molecular flexibility index (Phi) is 5.09. The van der Waals surface area contributed by atoms with Gasteiger partial charge in [0.2, 0.25) is 0 Å². The van der Waals surface area contributed by atoms with Crippen molar-refractivity contribution in [3.63, 3.8) is 0 Å². The fourth-order valence-corrected chi connectivity index (χ4v) is 2.72. The van der Waals surface area contributed by atoms with Gasteiger partial charge in [0.05, 0.1) is 30.6 Å². The van der Waals surface area contributed by atoms with Crippen LogP contribution in [0.3, 0.4) is 0 Å². The second-order valence-electron chi connectivity index (χ2n) is 5.44. The average Bonchev–Trinajstić information content (AvgIpc) is 3.03. The number of carbonyl (C=O) groups is 1. The number of hydrogen-bond acceptors (Lipinski definition) is 5. The first kappa shape index (κ1) is 17.8. The maximum absolute atomic E-state index is 12.5. The topological polar surface area (TPSA) is 78.3 Å². The van der Waals surface area contributed by atoms with Crippen molar-refractivity contribution < 1.29 is 14.3 Å². The number of hydrogen-bond donors (Lipinski definition) is 1. The molecule has 3 aromatic rings. The van der Waals surface area contributed by atoms with E-state index in [0.717, 1.165) is 5.69 Å². The van der Waals surface area contributed by atoms with E-state index in [1.165, 1.54) is 7.11 Å². The first-order chi connectivity index (χ1) is 12.5. The summed E-state index contributed by atoms with van der Waals surface area (Å²) in [6, 6.07) is 12.3. The smallest absolute Gasteiger partial charge is 0.278 e. The summed E-state index contributed by atoms with van der Waals surface area (Å²) in [6.07, 6.45) is 0. The highest BCUT2D eigenvalue weighted by Crippen LogP contribution is 2.27. The number of carbonyl (C=O) groups excluding carboxylic acids is 1. The summed E-state index contributed by atoms with van der Waals surface area (Å²) in [5.74, 6) is 0.846. The summed E-state index contributed by atoms with van der Waals surface area (Å²) in [7, 11) is 3.12. The van der Waals surface area contributed by atoms with Crippen LogP contribution in [0.2, 0.25) is 5.02 Å². The van der Waals surface area contributed by atoms with E-state index >= 15 is 0 Å². The largest absolute Gasteiger partial charge is 0.497 e. The monoisotopic (exact) mass is 372 g/mol. The maximum Gasteiger partial charge on any atom is 0.278 e. The molecule has 0 aliphatic carbocycles. The fraction of sp³-hybridized carbons (Fsp3) is 0.167. The zero-order valence-corrected chi connectivity index (χ0v) is 15.2. The van der Waals surface area contributed by atoms with Gasteiger partial charge >= 0.3 is 0 Å². The van der Waals surface area contributed by atoms with Crippen LogP contribution in [0.4, 0.5) is 5.69 Å². The molecule has 0 spiro atoms. The van der Waals surface area contributed by atoms with Crippen LogP contribution in [-0.2, 0) is 0 Å². The lowest BCUT2D eigenvalue weighted by Crippen LogP contribution is -2.14. The second-order valence-corrected chi connectivity index (χ2v) is 5.85. The lowest BCUT2D eigenvalue weighted by atomic mass is 10.2. The normalized spacial score (nSPS) is 10.5. The van der Waals surface area contributed by atoms with Crippen molar-refractivity contribution in [2.45, 2.75) is 6.92 Å². The minimum absolute atomic E-state index is 0.222. The molecule has 0 radical (unpaired) electrons. The van der Waals surface area contributed by atoms with Crippen molar-refractivity contribution in [1.29, 1.82) is 0 Å². The number of rotatable bonds is 5. The molecule has 1 aromatic heterocycles. The Morgan fingerprint density at radius 2 is 1.96 bits per heavy atom. The molecule has 0 atom stereocenters. The molecule has 134 valence electrons. The number of aromatic nitrogens is 3. The van der Waals surface area contributed by atoms with Crippen molar-refractivity contribution >= 4 is 23.2 Å². The van der Waals surface area contributed by atoms with Gasteiger partial charge in [-0.1, -0.05) is 22.9 Å². The zero-order valence-electron chi connectivity index (χ0n) is 14.5. The summed E-state index contributed by atoms with van der Waals surface area (Å²) in [4.78, 5) is 12.5. The molecule has 0 saturated heterocycles. The van der Waals surface area contributed by atoms with Crippen LogP contribution in [0.5, 0.6) is 11.5 Å². The van der Waals surface area contributed by atoms with Crippen molar-refractivity contribution in [1.82, 2.24) is 15.0 Å². The van der Waals surface area contributed by atoms with Crippen LogP contribution in [0.25, 0.3) is 5.69 Å². The number of amides is 1.